The normalized spacial score (nSPS) is 21.1. The molecule has 0 bridgehead atoms. The van der Waals surface area contributed by atoms with Crippen LogP contribution in [0.25, 0.3) is 27.9 Å². The van der Waals surface area contributed by atoms with E-state index in [1.54, 1.807) is 0 Å². The minimum Gasteiger partial charge on any atom is -0.422 e. The lowest BCUT2D eigenvalue weighted by Gasteiger charge is -2.25. The van der Waals surface area contributed by atoms with Crippen LogP contribution in [0.1, 0.15) is 17.8 Å². The number of fused-ring (bicyclic) bond motifs is 3. The van der Waals surface area contributed by atoms with Gasteiger partial charge in [-0.2, -0.15) is 0 Å². The first-order chi connectivity index (χ1) is 14.6. The van der Waals surface area contributed by atoms with Crippen molar-refractivity contribution in [3.8, 4) is 11.3 Å². The zero-order valence-corrected chi connectivity index (χ0v) is 17.1. The zero-order chi connectivity index (χ0) is 20.4. The molecular formula is C23H23N5O2. The molecule has 2 atom stereocenters. The van der Waals surface area contributed by atoms with Crippen molar-refractivity contribution < 1.29 is 4.42 Å². The zero-order valence-electron chi connectivity index (χ0n) is 17.1. The highest BCUT2D eigenvalue weighted by Crippen LogP contribution is 2.33. The van der Waals surface area contributed by atoms with E-state index in [4.69, 9.17) is 4.42 Å². The summed E-state index contributed by atoms with van der Waals surface area (Å²) in [7, 11) is 0. The maximum atomic E-state index is 12.8. The van der Waals surface area contributed by atoms with Crippen molar-refractivity contribution in [1.29, 1.82) is 0 Å². The van der Waals surface area contributed by atoms with Gasteiger partial charge in [-0.3, -0.25) is 4.98 Å². The van der Waals surface area contributed by atoms with E-state index in [-0.39, 0.29) is 5.63 Å². The van der Waals surface area contributed by atoms with Crippen molar-refractivity contribution in [2.45, 2.75) is 26.3 Å². The van der Waals surface area contributed by atoms with Gasteiger partial charge in [0.15, 0.2) is 5.65 Å². The van der Waals surface area contributed by atoms with Gasteiger partial charge in [0.25, 0.3) is 0 Å². The molecule has 0 aliphatic carbocycles. The van der Waals surface area contributed by atoms with Crippen LogP contribution in [0.2, 0.25) is 0 Å². The average Bonchev–Trinajstić information content (AvgIpc) is 3.42. The fraction of sp³-hybridized carbons (Fsp3) is 0.348. The van der Waals surface area contributed by atoms with Gasteiger partial charge < -0.3 is 19.0 Å². The second-order valence-corrected chi connectivity index (χ2v) is 8.46. The quantitative estimate of drug-likeness (QED) is 0.521. The molecule has 2 fully saturated rings. The van der Waals surface area contributed by atoms with Crippen LogP contribution in [0.15, 0.2) is 45.9 Å². The highest BCUT2D eigenvalue weighted by molar-refractivity contribution is 5.84. The van der Waals surface area contributed by atoms with Crippen LogP contribution in [0.3, 0.4) is 0 Å². The molecule has 6 rings (SSSR count). The largest absolute Gasteiger partial charge is 0.422 e. The van der Waals surface area contributed by atoms with Gasteiger partial charge in [-0.25, -0.2) is 9.78 Å². The third-order valence-corrected chi connectivity index (χ3v) is 6.50. The number of rotatable bonds is 2. The second kappa shape index (κ2) is 6.40. The smallest absolute Gasteiger partial charge is 0.345 e. The molecule has 2 unspecified atom stereocenters. The topological polar surface area (TPSA) is 75.7 Å². The first kappa shape index (κ1) is 17.7. The fourth-order valence-corrected chi connectivity index (χ4v) is 5.06. The first-order valence-electron chi connectivity index (χ1n) is 10.5. The Labute approximate surface area is 173 Å². The Hall–Kier alpha value is -3.19. The lowest BCUT2D eigenvalue weighted by Crippen LogP contribution is -2.34. The van der Waals surface area contributed by atoms with Crippen molar-refractivity contribution in [2.75, 3.05) is 24.5 Å². The molecule has 0 amide bonds. The number of nitrogens with zero attached hydrogens (tertiary/aromatic N) is 4. The second-order valence-electron chi connectivity index (χ2n) is 8.46. The Morgan fingerprint density at radius 1 is 1.13 bits per heavy atom. The van der Waals surface area contributed by atoms with Crippen molar-refractivity contribution >= 4 is 22.3 Å². The molecule has 2 aliphatic rings. The molecule has 5 heterocycles. The number of nitrogens with one attached hydrogen (secondary N) is 1. The predicted molar refractivity (Wildman–Crippen MR) is 116 cm³/mol. The summed E-state index contributed by atoms with van der Waals surface area (Å²) in [5.74, 6) is 0.715. The lowest BCUT2D eigenvalue weighted by atomic mass is 10.0. The van der Waals surface area contributed by atoms with Crippen molar-refractivity contribution in [2.24, 2.45) is 5.92 Å². The molecule has 0 saturated carbocycles. The Morgan fingerprint density at radius 3 is 2.93 bits per heavy atom. The number of aromatic nitrogens is 3. The van der Waals surface area contributed by atoms with Gasteiger partial charge in [0.2, 0.25) is 0 Å². The molecule has 7 nitrogen and oxygen atoms in total. The summed E-state index contributed by atoms with van der Waals surface area (Å²) in [6.07, 6.45) is 4.98. The van der Waals surface area contributed by atoms with Gasteiger partial charge in [-0.05, 0) is 44.4 Å². The van der Waals surface area contributed by atoms with Crippen LogP contribution in [-0.4, -0.2) is 40.0 Å². The molecule has 0 radical (unpaired) electrons. The Bertz CT molecular complexity index is 1360. The molecule has 1 aromatic carbocycles. The van der Waals surface area contributed by atoms with Crippen LogP contribution < -0.4 is 15.8 Å². The summed E-state index contributed by atoms with van der Waals surface area (Å²) < 4.78 is 7.66. The summed E-state index contributed by atoms with van der Waals surface area (Å²) in [5, 5.41) is 4.39. The average molecular weight is 401 g/mol. The summed E-state index contributed by atoms with van der Waals surface area (Å²) >= 11 is 0. The fourth-order valence-electron chi connectivity index (χ4n) is 5.06. The number of hydrogen-bond donors (Lipinski definition) is 1. The van der Waals surface area contributed by atoms with Gasteiger partial charge in [-0.15, -0.1) is 0 Å². The van der Waals surface area contributed by atoms with Gasteiger partial charge in [0, 0.05) is 55.2 Å². The minimum atomic E-state index is -0.368. The maximum absolute atomic E-state index is 12.8. The van der Waals surface area contributed by atoms with E-state index in [1.807, 2.05) is 48.8 Å². The molecule has 152 valence electrons. The molecule has 2 aliphatic heterocycles. The Kier molecular flexibility index (Phi) is 3.77. The third kappa shape index (κ3) is 2.65. The summed E-state index contributed by atoms with van der Waals surface area (Å²) in [4.78, 5) is 24.4. The first-order valence-corrected chi connectivity index (χ1v) is 10.5. The van der Waals surface area contributed by atoms with Crippen LogP contribution in [0, 0.1) is 19.8 Å². The molecular weight excluding hydrogens is 378 g/mol. The lowest BCUT2D eigenvalue weighted by molar-refractivity contribution is 0.562. The van der Waals surface area contributed by atoms with Gasteiger partial charge >= 0.3 is 5.63 Å². The molecule has 1 N–H and O–H groups in total. The third-order valence-electron chi connectivity index (χ3n) is 6.50. The molecule has 4 aromatic rings. The van der Waals surface area contributed by atoms with Gasteiger partial charge in [-0.1, -0.05) is 0 Å². The van der Waals surface area contributed by atoms with E-state index in [0.717, 1.165) is 47.7 Å². The standard InChI is InChI=1S/C23H23N5O2/c1-13-11-27-12-19(26-22(27)14(2)25-13)18-7-15-3-4-17(8-21(15)30-23(18)29)28-6-5-16-9-24-10-20(16)28/h3-4,7-8,11-12,16,20,24H,5-6,9-10H2,1-2H3. The van der Waals surface area contributed by atoms with E-state index in [2.05, 4.69) is 26.3 Å². The van der Waals surface area contributed by atoms with Crippen LogP contribution >= 0.6 is 0 Å². The summed E-state index contributed by atoms with van der Waals surface area (Å²) in [6.45, 7) is 7.04. The maximum Gasteiger partial charge on any atom is 0.345 e. The van der Waals surface area contributed by atoms with Gasteiger partial charge in [0.05, 0.1) is 22.6 Å². The number of anilines is 1. The summed E-state index contributed by atoms with van der Waals surface area (Å²) in [6, 6.07) is 8.59. The van der Waals surface area contributed by atoms with Crippen LogP contribution in [0.4, 0.5) is 5.69 Å². The van der Waals surface area contributed by atoms with E-state index in [9.17, 15) is 4.79 Å². The number of benzene rings is 1. The number of aryl methyl sites for hydroxylation is 2. The Balaban J connectivity index is 1.42. The van der Waals surface area contributed by atoms with Crippen molar-refractivity contribution in [3.63, 3.8) is 0 Å². The molecule has 3 aromatic heterocycles. The van der Waals surface area contributed by atoms with Crippen molar-refractivity contribution in [3.05, 3.63) is 58.5 Å². The molecule has 2 saturated heterocycles. The van der Waals surface area contributed by atoms with E-state index >= 15 is 0 Å². The van der Waals surface area contributed by atoms with Crippen molar-refractivity contribution in [1.82, 2.24) is 19.7 Å². The van der Waals surface area contributed by atoms with E-state index < -0.39 is 0 Å². The SMILES string of the molecule is Cc1cn2cc(-c3cc4ccc(N5CCC6CNCC65)cc4oc3=O)nc2c(C)n1. The highest BCUT2D eigenvalue weighted by atomic mass is 16.4. The monoisotopic (exact) mass is 401 g/mol. The van der Waals surface area contributed by atoms with Crippen LogP contribution in [0.5, 0.6) is 0 Å². The molecule has 30 heavy (non-hydrogen) atoms. The number of hydrogen-bond acceptors (Lipinski definition) is 6. The molecule has 0 spiro atoms. The van der Waals surface area contributed by atoms with Crippen LogP contribution in [-0.2, 0) is 0 Å². The minimum absolute atomic E-state index is 0.368. The Morgan fingerprint density at radius 2 is 2.03 bits per heavy atom. The van der Waals surface area contributed by atoms with E-state index in [0.29, 0.717) is 28.8 Å². The van der Waals surface area contributed by atoms with Gasteiger partial charge in [0.1, 0.15) is 5.58 Å². The number of imidazole rings is 1. The molecule has 7 heteroatoms. The predicted octanol–water partition coefficient (Wildman–Crippen LogP) is 2.92. The van der Waals surface area contributed by atoms with E-state index in [1.165, 1.54) is 6.42 Å². The highest BCUT2D eigenvalue weighted by Gasteiger charge is 2.37. The summed E-state index contributed by atoms with van der Waals surface area (Å²) in [5.41, 5.74) is 4.94.